The molecule has 0 aliphatic rings. The van der Waals surface area contributed by atoms with Gasteiger partial charge in [-0.3, -0.25) is 15.8 Å². The molecule has 1 aromatic carbocycles. The number of benzene rings is 1. The van der Waals surface area contributed by atoms with Crippen LogP contribution in [0.25, 0.3) is 5.69 Å². The molecule has 3 N–H and O–H groups in total. The van der Waals surface area contributed by atoms with Gasteiger partial charge in [0.2, 0.25) is 0 Å². The Kier molecular flexibility index (Phi) is 3.44. The van der Waals surface area contributed by atoms with Crippen LogP contribution >= 0.6 is 0 Å². The molecule has 0 spiro atoms. The van der Waals surface area contributed by atoms with Crippen molar-refractivity contribution in [2.45, 2.75) is 6.04 Å². The van der Waals surface area contributed by atoms with E-state index < -0.39 is 0 Å². The largest absolute Gasteiger partial charge is 0.270 e. The van der Waals surface area contributed by atoms with Crippen molar-refractivity contribution in [2.24, 2.45) is 5.84 Å². The van der Waals surface area contributed by atoms with Gasteiger partial charge in [0.25, 0.3) is 0 Å². The number of nitrogens with zero attached hydrogens (tertiary/aromatic N) is 5. The molecule has 3 aromatic rings. The lowest BCUT2D eigenvalue weighted by molar-refractivity contribution is 0.593. The molecule has 0 bridgehead atoms. The minimum Gasteiger partial charge on any atom is -0.270 e. The fraction of sp³-hybridized carbons (Fsp3) is 0.0769. The molecule has 20 heavy (non-hydrogen) atoms. The van der Waals surface area contributed by atoms with E-state index in [4.69, 9.17) is 5.84 Å². The van der Waals surface area contributed by atoms with Crippen LogP contribution in [0, 0.1) is 0 Å². The Morgan fingerprint density at radius 2 is 1.90 bits per heavy atom. The van der Waals surface area contributed by atoms with E-state index in [1.807, 2.05) is 30.3 Å². The van der Waals surface area contributed by atoms with Gasteiger partial charge in [-0.25, -0.2) is 5.43 Å². The molecule has 2 heterocycles. The highest BCUT2D eigenvalue weighted by Crippen LogP contribution is 2.16. The maximum Gasteiger partial charge on any atom is 0.110 e. The van der Waals surface area contributed by atoms with Crippen LogP contribution < -0.4 is 11.3 Å². The summed E-state index contributed by atoms with van der Waals surface area (Å²) in [7, 11) is 0. The summed E-state index contributed by atoms with van der Waals surface area (Å²) in [5, 5.41) is 8.67. The normalized spacial score (nSPS) is 12.2. The standard InChI is InChI=1S/C13H13N7/c14-18-13(11-8-15-6-7-16-11)12-9-17-20(19-12)10-4-2-1-3-5-10/h1-9,13,18H,14H2. The van der Waals surface area contributed by atoms with Gasteiger partial charge in [-0.1, -0.05) is 18.2 Å². The average molecular weight is 267 g/mol. The van der Waals surface area contributed by atoms with Crippen molar-refractivity contribution < 1.29 is 0 Å². The summed E-state index contributed by atoms with van der Waals surface area (Å²) in [5.41, 5.74) is 4.93. The van der Waals surface area contributed by atoms with Gasteiger partial charge in [-0.05, 0) is 12.1 Å². The van der Waals surface area contributed by atoms with E-state index in [-0.39, 0.29) is 6.04 Å². The Hall–Kier alpha value is -2.64. The first-order valence-corrected chi connectivity index (χ1v) is 6.08. The molecule has 7 heteroatoms. The number of para-hydroxylation sites is 1. The van der Waals surface area contributed by atoms with Crippen molar-refractivity contribution in [3.8, 4) is 5.69 Å². The summed E-state index contributed by atoms with van der Waals surface area (Å²) in [6.45, 7) is 0. The van der Waals surface area contributed by atoms with Crippen LogP contribution in [0.15, 0.2) is 55.1 Å². The molecular weight excluding hydrogens is 254 g/mol. The topological polar surface area (TPSA) is 94.5 Å². The van der Waals surface area contributed by atoms with Crippen molar-refractivity contribution in [3.05, 3.63) is 66.5 Å². The Balaban J connectivity index is 1.93. The van der Waals surface area contributed by atoms with Crippen LogP contribution in [0.1, 0.15) is 17.4 Å². The van der Waals surface area contributed by atoms with Crippen molar-refractivity contribution in [1.82, 2.24) is 30.4 Å². The van der Waals surface area contributed by atoms with Gasteiger partial charge < -0.3 is 0 Å². The summed E-state index contributed by atoms with van der Waals surface area (Å²) >= 11 is 0. The number of hydrazine groups is 1. The Morgan fingerprint density at radius 1 is 1.05 bits per heavy atom. The van der Waals surface area contributed by atoms with Crippen LogP contribution in [-0.2, 0) is 0 Å². The van der Waals surface area contributed by atoms with Crippen LogP contribution in [0.3, 0.4) is 0 Å². The van der Waals surface area contributed by atoms with E-state index in [0.29, 0.717) is 11.4 Å². The predicted octanol–water partition coefficient (Wildman–Crippen LogP) is 0.610. The third-order valence-electron chi connectivity index (χ3n) is 2.84. The van der Waals surface area contributed by atoms with Gasteiger partial charge in [0, 0.05) is 12.4 Å². The molecule has 0 amide bonds. The fourth-order valence-electron chi connectivity index (χ4n) is 1.87. The summed E-state index contributed by atoms with van der Waals surface area (Å²) in [6, 6.07) is 9.31. The summed E-state index contributed by atoms with van der Waals surface area (Å²) < 4.78 is 0. The van der Waals surface area contributed by atoms with E-state index in [0.717, 1.165) is 5.69 Å². The van der Waals surface area contributed by atoms with Gasteiger partial charge in [-0.2, -0.15) is 15.0 Å². The third kappa shape index (κ3) is 2.40. The number of rotatable bonds is 4. The predicted molar refractivity (Wildman–Crippen MR) is 72.6 cm³/mol. The summed E-state index contributed by atoms with van der Waals surface area (Å²) in [5.74, 6) is 5.59. The Labute approximate surface area is 115 Å². The number of nitrogens with one attached hydrogen (secondary N) is 1. The van der Waals surface area contributed by atoms with Gasteiger partial charge in [0.15, 0.2) is 0 Å². The van der Waals surface area contributed by atoms with E-state index in [1.54, 1.807) is 29.6 Å². The molecule has 1 unspecified atom stereocenters. The maximum atomic E-state index is 5.59. The number of hydrogen-bond acceptors (Lipinski definition) is 6. The van der Waals surface area contributed by atoms with E-state index in [2.05, 4.69) is 25.6 Å². The first kappa shape index (κ1) is 12.4. The van der Waals surface area contributed by atoms with Gasteiger partial charge in [0.1, 0.15) is 11.7 Å². The minimum absolute atomic E-state index is 0.346. The lowest BCUT2D eigenvalue weighted by Crippen LogP contribution is -2.30. The Bertz CT molecular complexity index is 665. The zero-order chi connectivity index (χ0) is 13.8. The molecule has 0 aliphatic heterocycles. The molecule has 0 fully saturated rings. The van der Waals surface area contributed by atoms with Gasteiger partial charge >= 0.3 is 0 Å². The zero-order valence-corrected chi connectivity index (χ0v) is 10.6. The lowest BCUT2D eigenvalue weighted by atomic mass is 10.2. The molecule has 0 saturated heterocycles. The lowest BCUT2D eigenvalue weighted by Gasteiger charge is -2.11. The molecule has 7 nitrogen and oxygen atoms in total. The van der Waals surface area contributed by atoms with E-state index >= 15 is 0 Å². The van der Waals surface area contributed by atoms with Crippen molar-refractivity contribution in [1.29, 1.82) is 0 Å². The molecular formula is C13H13N7. The first-order chi connectivity index (χ1) is 9.88. The second kappa shape index (κ2) is 5.55. The highest BCUT2D eigenvalue weighted by atomic mass is 15.5. The van der Waals surface area contributed by atoms with Crippen LogP contribution in [0.2, 0.25) is 0 Å². The molecule has 3 rings (SSSR count). The summed E-state index contributed by atoms with van der Waals surface area (Å²) in [4.78, 5) is 9.81. The SMILES string of the molecule is NNC(c1cnccn1)c1cnn(-c2ccccc2)n1. The third-order valence-corrected chi connectivity index (χ3v) is 2.84. The minimum atomic E-state index is -0.346. The van der Waals surface area contributed by atoms with Crippen LogP contribution in [0.5, 0.6) is 0 Å². The number of aromatic nitrogens is 5. The van der Waals surface area contributed by atoms with Crippen molar-refractivity contribution >= 4 is 0 Å². The molecule has 2 aromatic heterocycles. The van der Waals surface area contributed by atoms with Gasteiger partial charge in [-0.15, -0.1) is 0 Å². The average Bonchev–Trinajstić information content (AvgIpc) is 3.00. The van der Waals surface area contributed by atoms with Gasteiger partial charge in [0.05, 0.1) is 23.8 Å². The summed E-state index contributed by atoms with van der Waals surface area (Å²) in [6.07, 6.45) is 6.53. The van der Waals surface area contributed by atoms with E-state index in [9.17, 15) is 0 Å². The molecule has 1 atom stereocenters. The van der Waals surface area contributed by atoms with Crippen molar-refractivity contribution in [2.75, 3.05) is 0 Å². The molecule has 0 aliphatic carbocycles. The number of nitrogens with two attached hydrogens (primary N) is 1. The van der Waals surface area contributed by atoms with Crippen LogP contribution in [-0.4, -0.2) is 25.0 Å². The second-order valence-electron chi connectivity index (χ2n) is 4.12. The highest BCUT2D eigenvalue weighted by molar-refractivity contribution is 5.29. The Morgan fingerprint density at radius 3 is 2.60 bits per heavy atom. The van der Waals surface area contributed by atoms with Crippen LogP contribution in [0.4, 0.5) is 0 Å². The fourth-order valence-corrected chi connectivity index (χ4v) is 1.87. The zero-order valence-electron chi connectivity index (χ0n) is 10.6. The maximum absolute atomic E-state index is 5.59. The van der Waals surface area contributed by atoms with Crippen molar-refractivity contribution in [3.63, 3.8) is 0 Å². The highest BCUT2D eigenvalue weighted by Gasteiger charge is 2.17. The monoisotopic (exact) mass is 267 g/mol. The molecule has 0 radical (unpaired) electrons. The molecule has 0 saturated carbocycles. The number of hydrogen-bond donors (Lipinski definition) is 2. The first-order valence-electron chi connectivity index (χ1n) is 6.08. The quantitative estimate of drug-likeness (QED) is 0.531. The molecule has 100 valence electrons. The van der Waals surface area contributed by atoms with E-state index in [1.165, 1.54) is 0 Å². The smallest absolute Gasteiger partial charge is 0.110 e. The second-order valence-corrected chi connectivity index (χ2v) is 4.12.